The SMILES string of the molecule is O=C(N[C@H]1CCCCNC1=O)c1cc(F)ccc1F. The van der Waals surface area contributed by atoms with Crippen LogP contribution in [0.5, 0.6) is 0 Å². The number of rotatable bonds is 2. The normalized spacial score (nSPS) is 19.5. The van der Waals surface area contributed by atoms with Crippen LogP contribution >= 0.6 is 0 Å². The fourth-order valence-electron chi connectivity index (χ4n) is 1.98. The van der Waals surface area contributed by atoms with Gasteiger partial charge in [0.2, 0.25) is 5.91 Å². The first-order valence-corrected chi connectivity index (χ1v) is 6.11. The standard InChI is InChI=1S/C13H14F2N2O2/c14-8-4-5-10(15)9(7-8)12(18)17-11-3-1-2-6-16-13(11)19/h4-5,7,11H,1-3,6H2,(H,16,19)(H,17,18)/t11-/m0/s1. The fraction of sp³-hybridized carbons (Fsp3) is 0.385. The minimum Gasteiger partial charge on any atom is -0.354 e. The van der Waals surface area contributed by atoms with Crippen molar-refractivity contribution in [1.82, 2.24) is 10.6 Å². The highest BCUT2D eigenvalue weighted by atomic mass is 19.1. The summed E-state index contributed by atoms with van der Waals surface area (Å²) in [6.45, 7) is 0.569. The molecular weight excluding hydrogens is 254 g/mol. The Hall–Kier alpha value is -1.98. The molecule has 1 aromatic rings. The Kier molecular flexibility index (Phi) is 4.09. The fourth-order valence-corrected chi connectivity index (χ4v) is 1.98. The van der Waals surface area contributed by atoms with Gasteiger partial charge in [0.1, 0.15) is 17.7 Å². The Balaban J connectivity index is 2.11. The van der Waals surface area contributed by atoms with Crippen LogP contribution in [0.2, 0.25) is 0 Å². The summed E-state index contributed by atoms with van der Waals surface area (Å²) in [5.74, 6) is -2.58. The molecule has 1 aliphatic heterocycles. The minimum atomic E-state index is -0.812. The lowest BCUT2D eigenvalue weighted by molar-refractivity contribution is -0.122. The van der Waals surface area contributed by atoms with E-state index in [9.17, 15) is 18.4 Å². The van der Waals surface area contributed by atoms with Crippen molar-refractivity contribution in [3.8, 4) is 0 Å². The molecule has 1 heterocycles. The predicted octanol–water partition coefficient (Wildman–Crippen LogP) is 1.36. The lowest BCUT2D eigenvalue weighted by atomic mass is 10.1. The monoisotopic (exact) mass is 268 g/mol. The molecule has 0 saturated carbocycles. The molecule has 2 N–H and O–H groups in total. The van der Waals surface area contributed by atoms with E-state index in [2.05, 4.69) is 10.6 Å². The van der Waals surface area contributed by atoms with Crippen LogP contribution in [-0.4, -0.2) is 24.4 Å². The van der Waals surface area contributed by atoms with Crippen molar-refractivity contribution in [2.75, 3.05) is 6.54 Å². The van der Waals surface area contributed by atoms with Crippen LogP contribution in [0.1, 0.15) is 29.6 Å². The molecule has 4 nitrogen and oxygen atoms in total. The zero-order valence-electron chi connectivity index (χ0n) is 10.2. The molecule has 1 aromatic carbocycles. The Bertz CT molecular complexity index is 505. The number of nitrogens with one attached hydrogen (secondary N) is 2. The second kappa shape index (κ2) is 5.77. The average molecular weight is 268 g/mol. The van der Waals surface area contributed by atoms with Crippen molar-refractivity contribution in [3.05, 3.63) is 35.4 Å². The summed E-state index contributed by atoms with van der Waals surface area (Å²) in [4.78, 5) is 23.5. The van der Waals surface area contributed by atoms with E-state index in [1.807, 2.05) is 0 Å². The highest BCUT2D eigenvalue weighted by molar-refractivity contribution is 5.97. The molecule has 0 unspecified atom stereocenters. The van der Waals surface area contributed by atoms with Gasteiger partial charge < -0.3 is 10.6 Å². The molecule has 1 aliphatic rings. The molecule has 1 fully saturated rings. The highest BCUT2D eigenvalue weighted by Gasteiger charge is 2.24. The lowest BCUT2D eigenvalue weighted by Crippen LogP contribution is -2.45. The van der Waals surface area contributed by atoms with Gasteiger partial charge in [0.15, 0.2) is 0 Å². The summed E-state index contributed by atoms with van der Waals surface area (Å²) in [6, 6.07) is 1.94. The maximum atomic E-state index is 13.4. The summed E-state index contributed by atoms with van der Waals surface area (Å²) >= 11 is 0. The Labute approximate surface area is 109 Å². The number of carbonyl (C=O) groups is 2. The third-order valence-corrected chi connectivity index (χ3v) is 3.01. The van der Waals surface area contributed by atoms with E-state index in [0.717, 1.165) is 31.0 Å². The lowest BCUT2D eigenvalue weighted by Gasteiger charge is -2.15. The van der Waals surface area contributed by atoms with Crippen molar-refractivity contribution in [2.24, 2.45) is 0 Å². The maximum Gasteiger partial charge on any atom is 0.255 e. The van der Waals surface area contributed by atoms with Crippen molar-refractivity contribution in [3.63, 3.8) is 0 Å². The smallest absolute Gasteiger partial charge is 0.255 e. The van der Waals surface area contributed by atoms with Crippen LogP contribution in [0.3, 0.4) is 0 Å². The van der Waals surface area contributed by atoms with Gasteiger partial charge in [-0.05, 0) is 37.5 Å². The molecule has 19 heavy (non-hydrogen) atoms. The second-order valence-corrected chi connectivity index (χ2v) is 4.44. The van der Waals surface area contributed by atoms with Crippen molar-refractivity contribution < 1.29 is 18.4 Å². The molecule has 1 saturated heterocycles. The maximum absolute atomic E-state index is 13.4. The largest absolute Gasteiger partial charge is 0.354 e. The van der Waals surface area contributed by atoms with E-state index < -0.39 is 29.1 Å². The van der Waals surface area contributed by atoms with Gasteiger partial charge >= 0.3 is 0 Å². The molecule has 0 radical (unpaired) electrons. The Morgan fingerprint density at radius 1 is 1.32 bits per heavy atom. The van der Waals surface area contributed by atoms with Gasteiger partial charge in [0.25, 0.3) is 5.91 Å². The topological polar surface area (TPSA) is 58.2 Å². The molecule has 0 spiro atoms. The molecule has 1 atom stereocenters. The Morgan fingerprint density at radius 3 is 2.89 bits per heavy atom. The van der Waals surface area contributed by atoms with Crippen LogP contribution < -0.4 is 10.6 Å². The molecular formula is C13H14F2N2O2. The number of benzene rings is 1. The molecule has 2 amide bonds. The third-order valence-electron chi connectivity index (χ3n) is 3.01. The zero-order valence-corrected chi connectivity index (χ0v) is 10.2. The van der Waals surface area contributed by atoms with Crippen LogP contribution in [0.4, 0.5) is 8.78 Å². The van der Waals surface area contributed by atoms with E-state index in [1.54, 1.807) is 0 Å². The predicted molar refractivity (Wildman–Crippen MR) is 64.5 cm³/mol. The summed E-state index contributed by atoms with van der Waals surface area (Å²) in [5, 5.41) is 5.09. The number of hydrogen-bond acceptors (Lipinski definition) is 2. The number of carbonyl (C=O) groups excluding carboxylic acids is 2. The van der Waals surface area contributed by atoms with Crippen LogP contribution in [0.15, 0.2) is 18.2 Å². The molecule has 2 rings (SSSR count). The van der Waals surface area contributed by atoms with E-state index >= 15 is 0 Å². The average Bonchev–Trinajstić information content (AvgIpc) is 2.58. The van der Waals surface area contributed by atoms with E-state index in [4.69, 9.17) is 0 Å². The van der Waals surface area contributed by atoms with Gasteiger partial charge in [0, 0.05) is 6.54 Å². The molecule has 0 aromatic heterocycles. The van der Waals surface area contributed by atoms with Gasteiger partial charge in [-0.25, -0.2) is 8.78 Å². The molecule has 0 aliphatic carbocycles. The zero-order chi connectivity index (χ0) is 13.8. The summed E-state index contributed by atoms with van der Waals surface area (Å²) in [5.41, 5.74) is -0.392. The summed E-state index contributed by atoms with van der Waals surface area (Å²) in [7, 11) is 0. The van der Waals surface area contributed by atoms with E-state index in [-0.39, 0.29) is 5.91 Å². The highest BCUT2D eigenvalue weighted by Crippen LogP contribution is 2.11. The summed E-state index contributed by atoms with van der Waals surface area (Å²) < 4.78 is 26.4. The molecule has 102 valence electrons. The molecule has 0 bridgehead atoms. The van der Waals surface area contributed by atoms with Gasteiger partial charge in [-0.15, -0.1) is 0 Å². The van der Waals surface area contributed by atoms with Gasteiger partial charge in [-0.2, -0.15) is 0 Å². The number of hydrogen-bond donors (Lipinski definition) is 2. The van der Waals surface area contributed by atoms with E-state index in [1.165, 1.54) is 0 Å². The van der Waals surface area contributed by atoms with Gasteiger partial charge in [0.05, 0.1) is 5.56 Å². The molecule has 6 heteroatoms. The first-order chi connectivity index (χ1) is 9.08. The number of halogens is 2. The first kappa shape index (κ1) is 13.5. The summed E-state index contributed by atoms with van der Waals surface area (Å²) in [6.07, 6.45) is 2.12. The van der Waals surface area contributed by atoms with E-state index in [0.29, 0.717) is 13.0 Å². The van der Waals surface area contributed by atoms with Gasteiger partial charge in [-0.1, -0.05) is 0 Å². The quantitative estimate of drug-likeness (QED) is 0.851. The van der Waals surface area contributed by atoms with Crippen molar-refractivity contribution >= 4 is 11.8 Å². The van der Waals surface area contributed by atoms with Crippen molar-refractivity contribution in [1.29, 1.82) is 0 Å². The Morgan fingerprint density at radius 2 is 2.11 bits per heavy atom. The van der Waals surface area contributed by atoms with Crippen molar-refractivity contribution in [2.45, 2.75) is 25.3 Å². The minimum absolute atomic E-state index is 0.289. The third kappa shape index (κ3) is 3.27. The van der Waals surface area contributed by atoms with Crippen LogP contribution in [-0.2, 0) is 4.79 Å². The van der Waals surface area contributed by atoms with Crippen LogP contribution in [0.25, 0.3) is 0 Å². The van der Waals surface area contributed by atoms with Crippen LogP contribution in [0, 0.1) is 11.6 Å². The van der Waals surface area contributed by atoms with Gasteiger partial charge in [-0.3, -0.25) is 9.59 Å². The number of amides is 2. The first-order valence-electron chi connectivity index (χ1n) is 6.11. The second-order valence-electron chi connectivity index (χ2n) is 4.44.